The van der Waals surface area contributed by atoms with Crippen molar-refractivity contribution in [3.8, 4) is 0 Å². The lowest BCUT2D eigenvalue weighted by Gasteiger charge is -2.16. The van der Waals surface area contributed by atoms with Gasteiger partial charge >= 0.3 is 7.60 Å². The molecule has 110 valence electrons. The van der Waals surface area contributed by atoms with Crippen LogP contribution in [0.25, 0.3) is 5.31 Å². The molecule has 1 aliphatic rings. The van der Waals surface area contributed by atoms with E-state index in [0.29, 0.717) is 5.31 Å². The van der Waals surface area contributed by atoms with Crippen molar-refractivity contribution in [3.63, 3.8) is 0 Å². The molecule has 0 amide bonds. The molecule has 0 bridgehead atoms. The van der Waals surface area contributed by atoms with E-state index in [1.54, 1.807) is 0 Å². The summed E-state index contributed by atoms with van der Waals surface area (Å²) in [6.45, 7) is 0. The Morgan fingerprint density at radius 1 is 1.33 bits per heavy atom. The predicted octanol–water partition coefficient (Wildman–Crippen LogP) is 5.88. The molecule has 2 unspecified atom stereocenters. The molecule has 0 aliphatic carbocycles. The SMILES string of the molecule is COP1(=O)OC(c2ccc[cH-]2)C(I)=C1c1ccc(Br)cc1. The quantitative estimate of drug-likeness (QED) is 0.314. The Bertz CT molecular complexity index is 722. The van der Waals surface area contributed by atoms with Gasteiger partial charge in [0.05, 0.1) is 5.31 Å². The molecule has 0 spiro atoms. The molecule has 1 aliphatic heterocycles. The van der Waals surface area contributed by atoms with Gasteiger partial charge in [-0.25, -0.2) is 12.1 Å². The van der Waals surface area contributed by atoms with Crippen LogP contribution in [0.3, 0.4) is 0 Å². The molecule has 1 heterocycles. The van der Waals surface area contributed by atoms with Crippen molar-refractivity contribution in [3.05, 3.63) is 67.7 Å². The molecule has 0 aromatic heterocycles. The summed E-state index contributed by atoms with van der Waals surface area (Å²) in [5, 5.41) is 0.657. The first-order valence-corrected chi connectivity index (χ1v) is 9.68. The van der Waals surface area contributed by atoms with Crippen LogP contribution in [0.5, 0.6) is 0 Å². The highest BCUT2D eigenvalue weighted by molar-refractivity contribution is 14.1. The van der Waals surface area contributed by atoms with Gasteiger partial charge in [-0.2, -0.15) is 12.1 Å². The van der Waals surface area contributed by atoms with Crippen LogP contribution in [0.4, 0.5) is 0 Å². The maximum atomic E-state index is 13.0. The van der Waals surface area contributed by atoms with Crippen molar-refractivity contribution < 1.29 is 13.6 Å². The second-order valence-electron chi connectivity index (χ2n) is 4.59. The third kappa shape index (κ3) is 2.82. The van der Waals surface area contributed by atoms with Crippen molar-refractivity contribution in [1.82, 2.24) is 0 Å². The number of hydrogen-bond acceptors (Lipinski definition) is 3. The first-order valence-electron chi connectivity index (χ1n) is 6.27. The van der Waals surface area contributed by atoms with E-state index in [-0.39, 0.29) is 6.10 Å². The average molecular weight is 478 g/mol. The molecule has 0 fully saturated rings. The van der Waals surface area contributed by atoms with E-state index >= 15 is 0 Å². The van der Waals surface area contributed by atoms with Gasteiger partial charge in [-0.15, -0.1) is 5.56 Å². The monoisotopic (exact) mass is 477 g/mol. The Morgan fingerprint density at radius 3 is 2.62 bits per heavy atom. The van der Waals surface area contributed by atoms with Gasteiger partial charge in [0.1, 0.15) is 6.10 Å². The van der Waals surface area contributed by atoms with Crippen molar-refractivity contribution >= 4 is 51.4 Å². The highest BCUT2D eigenvalue weighted by atomic mass is 127. The van der Waals surface area contributed by atoms with Crippen molar-refractivity contribution in [1.29, 1.82) is 0 Å². The Hall–Kier alpha value is -0.330. The van der Waals surface area contributed by atoms with E-state index in [2.05, 4.69) is 38.5 Å². The Balaban J connectivity index is 2.13. The lowest BCUT2D eigenvalue weighted by Crippen LogP contribution is -1.95. The average Bonchev–Trinajstić information content (AvgIpc) is 3.08. The summed E-state index contributed by atoms with van der Waals surface area (Å²) in [6, 6.07) is 15.5. The predicted molar refractivity (Wildman–Crippen MR) is 95.6 cm³/mol. The lowest BCUT2D eigenvalue weighted by atomic mass is 10.1. The first-order chi connectivity index (χ1) is 10.0. The molecule has 0 saturated heterocycles. The van der Waals surface area contributed by atoms with Gasteiger partial charge < -0.3 is 4.52 Å². The summed E-state index contributed by atoms with van der Waals surface area (Å²) in [5.74, 6) is 0. The van der Waals surface area contributed by atoms with Crippen molar-refractivity contribution in [2.24, 2.45) is 0 Å². The Morgan fingerprint density at radius 2 is 2.05 bits per heavy atom. The van der Waals surface area contributed by atoms with Crippen LogP contribution in [0, 0.1) is 0 Å². The normalized spacial score (nSPS) is 25.6. The van der Waals surface area contributed by atoms with Crippen LogP contribution >= 0.6 is 46.1 Å². The third-order valence-corrected chi connectivity index (χ3v) is 7.40. The third-order valence-electron chi connectivity index (χ3n) is 3.32. The lowest BCUT2D eigenvalue weighted by molar-refractivity contribution is 0.214. The second-order valence-corrected chi connectivity index (χ2v) is 8.68. The minimum absolute atomic E-state index is 0.329. The zero-order chi connectivity index (χ0) is 15.0. The number of halogens is 2. The molecule has 2 aromatic rings. The highest BCUT2D eigenvalue weighted by Crippen LogP contribution is 2.71. The van der Waals surface area contributed by atoms with Gasteiger partial charge in [0, 0.05) is 15.2 Å². The molecule has 2 atom stereocenters. The van der Waals surface area contributed by atoms with Crippen LogP contribution in [0.2, 0.25) is 0 Å². The van der Waals surface area contributed by atoms with Crippen LogP contribution in [-0.4, -0.2) is 7.11 Å². The number of rotatable bonds is 3. The van der Waals surface area contributed by atoms with E-state index in [0.717, 1.165) is 19.2 Å². The van der Waals surface area contributed by atoms with Crippen LogP contribution in [0.1, 0.15) is 17.2 Å². The topological polar surface area (TPSA) is 35.5 Å². The molecule has 3 rings (SSSR count). The smallest absolute Gasteiger partial charge is 0.309 e. The van der Waals surface area contributed by atoms with E-state index in [9.17, 15) is 4.57 Å². The molecule has 3 nitrogen and oxygen atoms in total. The fourth-order valence-corrected chi connectivity index (χ4v) is 6.17. The van der Waals surface area contributed by atoms with Gasteiger partial charge in [-0.1, -0.05) is 28.1 Å². The fourth-order valence-electron chi connectivity index (χ4n) is 2.30. The standard InChI is InChI=1S/C15H12BrIO3P/c1-19-21(18)15(11-6-8-12(16)9-7-11)13(17)14(20-21)10-4-2-3-5-10/h2-9,14H,1H3/q-1. The Labute approximate surface area is 145 Å². The van der Waals surface area contributed by atoms with Crippen molar-refractivity contribution in [2.75, 3.05) is 7.11 Å². The summed E-state index contributed by atoms with van der Waals surface area (Å²) < 4.78 is 25.9. The first kappa shape index (κ1) is 15.6. The Kier molecular flexibility index (Phi) is 4.48. The molecule has 0 N–H and O–H groups in total. The van der Waals surface area contributed by atoms with Crippen LogP contribution in [0.15, 0.2) is 56.6 Å². The molecule has 6 heteroatoms. The summed E-state index contributed by atoms with van der Waals surface area (Å²) in [7, 11) is -1.87. The highest BCUT2D eigenvalue weighted by Gasteiger charge is 2.43. The minimum Gasteiger partial charge on any atom is -0.309 e. The van der Waals surface area contributed by atoms with Gasteiger partial charge in [-0.3, -0.25) is 9.09 Å². The summed E-state index contributed by atoms with van der Waals surface area (Å²) >= 11 is 5.62. The van der Waals surface area contributed by atoms with Crippen LogP contribution in [-0.2, 0) is 13.6 Å². The molecule has 21 heavy (non-hydrogen) atoms. The van der Waals surface area contributed by atoms with Gasteiger partial charge in [0.15, 0.2) is 0 Å². The summed E-state index contributed by atoms with van der Waals surface area (Å²) in [5.41, 5.74) is 1.85. The van der Waals surface area contributed by atoms with Gasteiger partial charge in [0.2, 0.25) is 0 Å². The van der Waals surface area contributed by atoms with Crippen LogP contribution < -0.4 is 0 Å². The number of benzene rings is 1. The molecule has 2 aromatic carbocycles. The largest absolute Gasteiger partial charge is 0.363 e. The molecular formula is C15H12BrIO3P-. The molecule has 0 saturated carbocycles. The van der Waals surface area contributed by atoms with Gasteiger partial charge in [-0.05, 0) is 40.3 Å². The second kappa shape index (κ2) is 6.05. The summed E-state index contributed by atoms with van der Waals surface area (Å²) in [4.78, 5) is 0. The van der Waals surface area contributed by atoms with E-state index in [4.69, 9.17) is 9.05 Å². The maximum absolute atomic E-state index is 13.0. The van der Waals surface area contributed by atoms with E-state index in [1.165, 1.54) is 7.11 Å². The zero-order valence-corrected chi connectivity index (χ0v) is 15.8. The van der Waals surface area contributed by atoms with E-state index in [1.807, 2.05) is 48.5 Å². The van der Waals surface area contributed by atoms with E-state index < -0.39 is 7.60 Å². The summed E-state index contributed by atoms with van der Waals surface area (Å²) in [6.07, 6.45) is -0.329. The maximum Gasteiger partial charge on any atom is 0.363 e. The fraction of sp³-hybridized carbons (Fsp3) is 0.133. The zero-order valence-electron chi connectivity index (χ0n) is 11.1. The van der Waals surface area contributed by atoms with Gasteiger partial charge in [0.25, 0.3) is 0 Å². The molecule has 0 radical (unpaired) electrons. The minimum atomic E-state index is -3.29. The number of hydrogen-bond donors (Lipinski definition) is 0. The van der Waals surface area contributed by atoms with Crippen molar-refractivity contribution in [2.45, 2.75) is 6.10 Å². The molecular weight excluding hydrogens is 466 g/mol.